The molecule has 3 heteroatoms. The second-order valence-corrected chi connectivity index (χ2v) is 7.18. The van der Waals surface area contributed by atoms with Gasteiger partial charge in [-0.05, 0) is 40.4 Å². The first kappa shape index (κ1) is 21.1. The van der Waals surface area contributed by atoms with E-state index in [1.54, 1.807) is 13.8 Å². The van der Waals surface area contributed by atoms with Crippen LogP contribution < -0.4 is 0 Å². The molecule has 0 fully saturated rings. The Kier molecular flexibility index (Phi) is 6.41. The summed E-state index contributed by atoms with van der Waals surface area (Å²) in [6.07, 6.45) is 3.39. The Bertz CT molecular complexity index is 1010. The van der Waals surface area contributed by atoms with Crippen LogP contribution in [-0.2, 0) is 25.5 Å². The van der Waals surface area contributed by atoms with E-state index in [-0.39, 0.29) is 31.3 Å². The SMILES string of the molecule is CC1(C)c2ccc[c-]c2-c2nccc3cccc1c23.[CH-]=C(C)/C=C(/C)O.[Ir]. The predicted octanol–water partition coefficient (Wildman–Crippen LogP) is 6.17. The molecule has 1 aliphatic rings. The van der Waals surface area contributed by atoms with Crippen molar-refractivity contribution in [3.8, 4) is 11.3 Å². The summed E-state index contributed by atoms with van der Waals surface area (Å²) < 4.78 is 0. The van der Waals surface area contributed by atoms with Crippen LogP contribution in [0.5, 0.6) is 0 Å². The van der Waals surface area contributed by atoms with Crippen molar-refractivity contribution in [3.05, 3.63) is 89.8 Å². The fraction of sp³-hybridized carbons (Fsp3) is 0.208. The molecule has 27 heavy (non-hydrogen) atoms. The van der Waals surface area contributed by atoms with E-state index in [4.69, 9.17) is 11.7 Å². The number of pyridine rings is 1. The van der Waals surface area contributed by atoms with E-state index in [1.165, 1.54) is 28.0 Å². The van der Waals surface area contributed by atoms with Gasteiger partial charge in [-0.15, -0.1) is 35.4 Å². The van der Waals surface area contributed by atoms with E-state index < -0.39 is 0 Å². The van der Waals surface area contributed by atoms with Crippen molar-refractivity contribution in [3.63, 3.8) is 0 Å². The minimum atomic E-state index is 0. The van der Waals surface area contributed by atoms with Crippen LogP contribution in [0, 0.1) is 12.6 Å². The largest absolute Gasteiger partial charge is 0.531 e. The van der Waals surface area contributed by atoms with Gasteiger partial charge in [-0.25, -0.2) is 5.57 Å². The molecule has 0 saturated carbocycles. The molecule has 0 bridgehead atoms. The molecule has 0 saturated heterocycles. The second-order valence-electron chi connectivity index (χ2n) is 7.18. The van der Waals surface area contributed by atoms with Crippen molar-refractivity contribution in [2.24, 2.45) is 0 Å². The summed E-state index contributed by atoms with van der Waals surface area (Å²) in [7, 11) is 0. The standard InChI is InChI=1S/C18H14N.C6H9O.Ir/c1-18(2)14-8-4-3-7-13(14)17-16-12(10-11-19-17)6-5-9-15(16)18;1-5(2)4-6(3)7;/h3-6,8-11H,1-2H3;1,4,7H,2-3H3;/q2*-1;/b;6-4-;. The van der Waals surface area contributed by atoms with Crippen LogP contribution in [0.1, 0.15) is 38.8 Å². The van der Waals surface area contributed by atoms with Crippen LogP contribution in [0.25, 0.3) is 22.0 Å². The molecular weight excluding hydrogens is 510 g/mol. The number of allylic oxidation sites excluding steroid dienone is 3. The van der Waals surface area contributed by atoms with Gasteiger partial charge in [-0.2, -0.15) is 6.08 Å². The Morgan fingerprint density at radius 3 is 2.44 bits per heavy atom. The fourth-order valence-corrected chi connectivity index (χ4v) is 3.57. The molecule has 0 amide bonds. The number of fused-ring (bicyclic) bond motifs is 2. The molecule has 1 aliphatic carbocycles. The molecular formula is C24H23IrNO-2. The minimum Gasteiger partial charge on any atom is -0.531 e. The maximum absolute atomic E-state index is 8.48. The smallest absolute Gasteiger partial charge is 0.0167 e. The Labute approximate surface area is 175 Å². The number of nitrogens with zero attached hydrogens (tertiary/aromatic N) is 1. The van der Waals surface area contributed by atoms with E-state index in [1.807, 2.05) is 12.3 Å². The number of aromatic nitrogens is 1. The van der Waals surface area contributed by atoms with Gasteiger partial charge in [-0.3, -0.25) is 6.58 Å². The molecule has 2 aromatic carbocycles. The zero-order chi connectivity index (χ0) is 18.9. The van der Waals surface area contributed by atoms with Gasteiger partial charge in [-0.1, -0.05) is 39.0 Å². The summed E-state index contributed by atoms with van der Waals surface area (Å²) in [5, 5.41) is 11.0. The van der Waals surface area contributed by atoms with Crippen molar-refractivity contribution in [1.82, 2.24) is 4.98 Å². The van der Waals surface area contributed by atoms with Crippen LogP contribution in [0.2, 0.25) is 0 Å². The Morgan fingerprint density at radius 2 is 1.81 bits per heavy atom. The molecule has 4 rings (SSSR count). The van der Waals surface area contributed by atoms with Crippen LogP contribution in [0.4, 0.5) is 0 Å². The molecule has 1 N–H and O–H groups in total. The van der Waals surface area contributed by atoms with Crippen LogP contribution in [-0.4, -0.2) is 10.1 Å². The number of aliphatic hydroxyl groups excluding tert-OH is 1. The van der Waals surface area contributed by atoms with E-state index >= 15 is 0 Å². The topological polar surface area (TPSA) is 33.1 Å². The van der Waals surface area contributed by atoms with Gasteiger partial charge in [0.1, 0.15) is 0 Å². The average molecular weight is 534 g/mol. The third kappa shape index (κ3) is 4.05. The molecule has 0 aliphatic heterocycles. The Hall–Kier alpha value is -2.22. The van der Waals surface area contributed by atoms with Crippen LogP contribution in [0.15, 0.2) is 66.1 Å². The van der Waals surface area contributed by atoms with Gasteiger partial charge in [0.05, 0.1) is 0 Å². The van der Waals surface area contributed by atoms with Crippen molar-refractivity contribution in [2.45, 2.75) is 33.1 Å². The van der Waals surface area contributed by atoms with Gasteiger partial charge in [0.25, 0.3) is 0 Å². The van der Waals surface area contributed by atoms with Gasteiger partial charge in [0.15, 0.2) is 0 Å². The zero-order valence-electron chi connectivity index (χ0n) is 16.0. The average Bonchev–Trinajstić information content (AvgIpc) is 2.59. The number of benzene rings is 2. The van der Waals surface area contributed by atoms with E-state index in [0.717, 1.165) is 11.3 Å². The summed E-state index contributed by atoms with van der Waals surface area (Å²) in [6, 6.07) is 18.2. The minimum absolute atomic E-state index is 0. The molecule has 2 nitrogen and oxygen atoms in total. The first-order chi connectivity index (χ1) is 12.3. The maximum atomic E-state index is 8.48. The zero-order valence-corrected chi connectivity index (χ0v) is 18.4. The summed E-state index contributed by atoms with van der Waals surface area (Å²) in [5.74, 6) is 0.250. The van der Waals surface area contributed by atoms with Gasteiger partial charge >= 0.3 is 0 Å². The van der Waals surface area contributed by atoms with E-state index in [9.17, 15) is 0 Å². The van der Waals surface area contributed by atoms with E-state index in [0.29, 0.717) is 5.57 Å². The summed E-state index contributed by atoms with van der Waals surface area (Å²) >= 11 is 0. The van der Waals surface area contributed by atoms with Gasteiger partial charge < -0.3 is 10.1 Å². The first-order valence-corrected chi connectivity index (χ1v) is 8.68. The third-order valence-electron chi connectivity index (χ3n) is 4.67. The van der Waals surface area contributed by atoms with Crippen molar-refractivity contribution < 1.29 is 25.2 Å². The fourth-order valence-electron chi connectivity index (χ4n) is 3.57. The van der Waals surface area contributed by atoms with Crippen molar-refractivity contribution >= 4 is 10.8 Å². The molecule has 3 aromatic rings. The summed E-state index contributed by atoms with van der Waals surface area (Å²) in [4.78, 5) is 4.61. The maximum Gasteiger partial charge on any atom is 0.0167 e. The molecule has 0 spiro atoms. The summed E-state index contributed by atoms with van der Waals surface area (Å²) in [6.45, 7) is 13.0. The third-order valence-corrected chi connectivity index (χ3v) is 4.67. The van der Waals surface area contributed by atoms with Crippen molar-refractivity contribution in [2.75, 3.05) is 0 Å². The second kappa shape index (κ2) is 8.21. The molecule has 1 aromatic heterocycles. The van der Waals surface area contributed by atoms with E-state index in [2.05, 4.69) is 61.3 Å². The number of hydrogen-bond acceptors (Lipinski definition) is 2. The predicted molar refractivity (Wildman–Crippen MR) is 108 cm³/mol. The number of aliphatic hydroxyl groups is 1. The molecule has 141 valence electrons. The quantitative estimate of drug-likeness (QED) is 0.231. The number of hydrogen-bond donors (Lipinski definition) is 1. The number of rotatable bonds is 1. The molecule has 0 unspecified atom stereocenters. The van der Waals surface area contributed by atoms with Gasteiger partial charge in [0, 0.05) is 32.1 Å². The van der Waals surface area contributed by atoms with Crippen molar-refractivity contribution in [1.29, 1.82) is 0 Å². The molecule has 1 radical (unpaired) electrons. The monoisotopic (exact) mass is 534 g/mol. The van der Waals surface area contributed by atoms with Crippen LogP contribution in [0.3, 0.4) is 0 Å². The summed E-state index contributed by atoms with van der Waals surface area (Å²) in [5.41, 5.74) is 5.52. The Balaban J connectivity index is 0.000000285. The molecule has 1 heterocycles. The molecule has 0 atom stereocenters. The van der Waals surface area contributed by atoms with Gasteiger partial charge in [0.2, 0.25) is 0 Å². The Morgan fingerprint density at radius 1 is 1.11 bits per heavy atom. The van der Waals surface area contributed by atoms with Crippen LogP contribution >= 0.6 is 0 Å². The normalized spacial score (nSPS) is 13.7. The first-order valence-electron chi connectivity index (χ1n) is 8.68.